The van der Waals surface area contributed by atoms with E-state index in [-0.39, 0.29) is 32.9 Å². The van der Waals surface area contributed by atoms with Crippen molar-refractivity contribution in [2.75, 3.05) is 10.5 Å². The first-order chi connectivity index (χ1) is 16.6. The summed E-state index contributed by atoms with van der Waals surface area (Å²) in [6, 6.07) is 7.94. The number of aromatic nitrogens is 4. The van der Waals surface area contributed by atoms with E-state index in [4.69, 9.17) is 34.7 Å². The van der Waals surface area contributed by atoms with Crippen molar-refractivity contribution in [2.24, 2.45) is 5.73 Å². The van der Waals surface area contributed by atoms with Crippen LogP contribution in [0, 0.1) is 5.82 Å². The predicted molar refractivity (Wildman–Crippen MR) is 131 cm³/mol. The van der Waals surface area contributed by atoms with Crippen LogP contribution in [0.25, 0.3) is 22.3 Å². The summed E-state index contributed by atoms with van der Waals surface area (Å²) in [6.45, 7) is 0.316. The topological polar surface area (TPSA) is 159 Å². The summed E-state index contributed by atoms with van der Waals surface area (Å²) in [6.07, 6.45) is 1.83. The molecule has 1 amide bonds. The van der Waals surface area contributed by atoms with Crippen LogP contribution in [0.15, 0.2) is 47.6 Å². The highest BCUT2D eigenvalue weighted by Crippen LogP contribution is 2.34. The average molecular weight is 538 g/mol. The van der Waals surface area contributed by atoms with Crippen LogP contribution < -0.4 is 16.2 Å². The quantitative estimate of drug-likeness (QED) is 0.309. The van der Waals surface area contributed by atoms with Gasteiger partial charge in [-0.2, -0.15) is 5.10 Å². The smallest absolute Gasteiger partial charge is 0.263 e. The van der Waals surface area contributed by atoms with Gasteiger partial charge in [0.05, 0.1) is 21.1 Å². The molecule has 0 radical (unpaired) electrons. The third-order valence-corrected chi connectivity index (χ3v) is 7.38. The highest BCUT2D eigenvalue weighted by molar-refractivity contribution is 7.92. The van der Waals surface area contributed by atoms with E-state index in [1.54, 1.807) is 0 Å². The van der Waals surface area contributed by atoms with Gasteiger partial charge in [-0.15, -0.1) is 0 Å². The lowest BCUT2D eigenvalue weighted by atomic mass is 10.1. The number of nitrogens with one attached hydrogen (secondary N) is 1. The van der Waals surface area contributed by atoms with Gasteiger partial charge in [-0.25, -0.2) is 27.5 Å². The molecule has 0 saturated carbocycles. The van der Waals surface area contributed by atoms with Crippen LogP contribution in [-0.2, 0) is 21.4 Å². The summed E-state index contributed by atoms with van der Waals surface area (Å²) in [5, 5.41) is 4.74. The van der Waals surface area contributed by atoms with Crippen molar-refractivity contribution in [2.45, 2.75) is 24.3 Å². The molecule has 5 N–H and O–H groups in total. The maximum atomic E-state index is 15.0. The molecule has 0 aliphatic heterocycles. The lowest BCUT2D eigenvalue weighted by Gasteiger charge is -2.11. The minimum atomic E-state index is -4.22. The van der Waals surface area contributed by atoms with Gasteiger partial charge in [0.15, 0.2) is 5.65 Å². The number of carbonyl (C=O) groups excluding carboxylic acids is 1. The summed E-state index contributed by atoms with van der Waals surface area (Å²) in [5.74, 6) is -1.18. The maximum Gasteiger partial charge on any atom is 0.263 e. The first-order valence-electron chi connectivity index (χ1n) is 10.1. The molecule has 2 aromatic carbocycles. The second-order valence-electron chi connectivity index (χ2n) is 7.45. The van der Waals surface area contributed by atoms with Crippen molar-refractivity contribution in [3.8, 4) is 11.3 Å². The number of benzene rings is 2. The molecule has 4 aromatic rings. The summed E-state index contributed by atoms with van der Waals surface area (Å²) < 4.78 is 44.2. The molecule has 2 aromatic heterocycles. The first-order valence-corrected chi connectivity index (χ1v) is 12.3. The Balaban J connectivity index is 1.70. The molecule has 0 aliphatic rings. The van der Waals surface area contributed by atoms with Crippen molar-refractivity contribution >= 4 is 61.7 Å². The Morgan fingerprint density at radius 3 is 2.66 bits per heavy atom. The number of halogens is 3. The van der Waals surface area contributed by atoms with Crippen LogP contribution in [0.4, 0.5) is 15.9 Å². The molecule has 0 fully saturated rings. The molecule has 0 spiro atoms. The molecule has 182 valence electrons. The zero-order chi connectivity index (χ0) is 25.3. The van der Waals surface area contributed by atoms with E-state index >= 15 is 4.39 Å². The summed E-state index contributed by atoms with van der Waals surface area (Å²) in [7, 11) is -4.22. The number of aryl methyl sites for hydroxylation is 1. The lowest BCUT2D eigenvalue weighted by molar-refractivity contribution is -0.118. The number of sulfonamides is 1. The minimum Gasteiger partial charge on any atom is -0.383 e. The van der Waals surface area contributed by atoms with Crippen molar-refractivity contribution < 1.29 is 17.6 Å². The highest BCUT2D eigenvalue weighted by atomic mass is 35.5. The van der Waals surface area contributed by atoms with Crippen LogP contribution in [0.1, 0.15) is 12.8 Å². The monoisotopic (exact) mass is 537 g/mol. The van der Waals surface area contributed by atoms with Gasteiger partial charge >= 0.3 is 0 Å². The van der Waals surface area contributed by atoms with Crippen LogP contribution in [0.2, 0.25) is 10.0 Å². The Labute approximate surface area is 209 Å². The average Bonchev–Trinajstić information content (AvgIpc) is 3.16. The molecule has 0 saturated heterocycles. The number of primary amides is 1. The number of amides is 1. The van der Waals surface area contributed by atoms with E-state index in [9.17, 15) is 13.2 Å². The fraction of sp³-hybridized carbons (Fsp3) is 0.143. The van der Waals surface area contributed by atoms with Gasteiger partial charge in [-0.3, -0.25) is 9.52 Å². The number of fused-ring (bicyclic) bond motifs is 1. The van der Waals surface area contributed by atoms with Crippen LogP contribution >= 0.6 is 23.2 Å². The largest absolute Gasteiger partial charge is 0.383 e. The summed E-state index contributed by atoms with van der Waals surface area (Å²) >= 11 is 11.9. The first kappa shape index (κ1) is 24.6. The second-order valence-corrected chi connectivity index (χ2v) is 9.89. The Morgan fingerprint density at radius 1 is 1.17 bits per heavy atom. The fourth-order valence-electron chi connectivity index (χ4n) is 3.43. The molecule has 0 bridgehead atoms. The van der Waals surface area contributed by atoms with Gasteiger partial charge in [0.25, 0.3) is 10.0 Å². The zero-order valence-corrected chi connectivity index (χ0v) is 20.2. The predicted octanol–water partition coefficient (Wildman–Crippen LogP) is 3.59. The Morgan fingerprint density at radius 2 is 1.94 bits per heavy atom. The van der Waals surface area contributed by atoms with E-state index in [0.29, 0.717) is 35.3 Å². The van der Waals surface area contributed by atoms with Crippen molar-refractivity contribution in [3.63, 3.8) is 0 Å². The van der Waals surface area contributed by atoms with E-state index in [0.717, 1.165) is 6.07 Å². The molecule has 0 aliphatic carbocycles. The standard InChI is InChI=1S/C21H18Cl2FN7O3S/c22-12-3-1-4-15(18(12)23)35(33,34)30-14-7-6-11(9-13(14)24)19-17-20(26)27-10-28-21(17)31(29-19)8-2-5-16(25)32/h1,3-4,6-7,9-10,30H,2,5,8H2,(H2,25,32)(H2,26,27,28). The van der Waals surface area contributed by atoms with Gasteiger partial charge in [0, 0.05) is 18.5 Å². The number of hydrogen-bond acceptors (Lipinski definition) is 7. The lowest BCUT2D eigenvalue weighted by Crippen LogP contribution is -2.14. The van der Waals surface area contributed by atoms with E-state index in [2.05, 4.69) is 19.8 Å². The van der Waals surface area contributed by atoms with Gasteiger partial charge in [-0.1, -0.05) is 35.3 Å². The molecule has 35 heavy (non-hydrogen) atoms. The summed E-state index contributed by atoms with van der Waals surface area (Å²) in [4.78, 5) is 19.0. The Hall–Kier alpha value is -3.48. The Bertz CT molecular complexity index is 1560. The molecule has 2 heterocycles. The molecular formula is C21H18Cl2FN7O3S. The molecule has 0 unspecified atom stereocenters. The van der Waals surface area contributed by atoms with Crippen molar-refractivity contribution in [1.82, 2.24) is 19.7 Å². The number of nitrogens with zero attached hydrogens (tertiary/aromatic N) is 4. The SMILES string of the molecule is NC(=O)CCCn1nc(-c2ccc(NS(=O)(=O)c3cccc(Cl)c3Cl)c(F)c2)c2c(N)ncnc21. The number of carbonyl (C=O) groups is 1. The normalized spacial score (nSPS) is 11.6. The van der Waals surface area contributed by atoms with Gasteiger partial charge in [0.1, 0.15) is 28.6 Å². The molecule has 14 heteroatoms. The minimum absolute atomic E-state index is 0.0449. The third kappa shape index (κ3) is 4.99. The fourth-order valence-corrected chi connectivity index (χ4v) is 5.26. The molecule has 4 rings (SSSR count). The van der Waals surface area contributed by atoms with Gasteiger partial charge in [0.2, 0.25) is 5.91 Å². The highest BCUT2D eigenvalue weighted by Gasteiger charge is 2.22. The van der Waals surface area contributed by atoms with Crippen LogP contribution in [0.3, 0.4) is 0 Å². The van der Waals surface area contributed by atoms with Gasteiger partial charge in [-0.05, 0) is 30.7 Å². The maximum absolute atomic E-state index is 15.0. The number of rotatable bonds is 8. The zero-order valence-electron chi connectivity index (χ0n) is 17.9. The number of anilines is 2. The van der Waals surface area contributed by atoms with Crippen LogP contribution in [0.5, 0.6) is 0 Å². The van der Waals surface area contributed by atoms with E-state index in [1.807, 2.05) is 0 Å². The Kier molecular flexibility index (Phi) is 6.79. The van der Waals surface area contributed by atoms with E-state index in [1.165, 1.54) is 41.3 Å². The summed E-state index contributed by atoms with van der Waals surface area (Å²) in [5.41, 5.74) is 11.9. The number of hydrogen-bond donors (Lipinski definition) is 3. The van der Waals surface area contributed by atoms with Crippen LogP contribution in [-0.4, -0.2) is 34.1 Å². The molecular weight excluding hydrogens is 520 g/mol. The van der Waals surface area contributed by atoms with Crippen molar-refractivity contribution in [3.05, 3.63) is 58.6 Å². The van der Waals surface area contributed by atoms with Crippen molar-refractivity contribution in [1.29, 1.82) is 0 Å². The van der Waals surface area contributed by atoms with Gasteiger partial charge < -0.3 is 11.5 Å². The molecule has 0 atom stereocenters. The number of nitrogen functional groups attached to an aromatic ring is 1. The number of nitrogens with two attached hydrogens (primary N) is 2. The third-order valence-electron chi connectivity index (χ3n) is 5.04. The second kappa shape index (κ2) is 9.64. The van der Waals surface area contributed by atoms with E-state index < -0.39 is 21.7 Å². The molecule has 10 nitrogen and oxygen atoms in total.